The Morgan fingerprint density at radius 1 is 0.467 bits per heavy atom. The maximum atomic E-state index is 3.92. The maximum absolute atomic E-state index is 3.92. The topological polar surface area (TPSA) is 92.3 Å². The van der Waals surface area contributed by atoms with E-state index in [0.717, 1.165) is 0 Å². The molecule has 0 aliphatic carbocycles. The summed E-state index contributed by atoms with van der Waals surface area (Å²) in [6.45, 7) is 0. The molecule has 92 valence electrons. The zero-order chi connectivity index (χ0) is 11.1. The number of hydrogen-bond acceptors (Lipinski definition) is 10. The van der Waals surface area contributed by atoms with Crippen LogP contribution < -0.4 is 0 Å². The Morgan fingerprint density at radius 2 is 0.667 bits per heavy atom. The fourth-order valence-electron chi connectivity index (χ4n) is 0.134. The predicted molar refractivity (Wildman–Crippen MR) is 42.5 cm³/mol. The van der Waals surface area contributed by atoms with E-state index in [1.54, 1.807) is 0 Å². The summed E-state index contributed by atoms with van der Waals surface area (Å²) >= 11 is 0. The fraction of sp³-hybridized carbons (Fsp3) is 1.00. The average molecular weight is 359 g/mol. The van der Waals surface area contributed by atoms with Crippen LogP contribution in [0.15, 0.2) is 0 Å². The van der Waals surface area contributed by atoms with E-state index in [0.29, 0.717) is 0 Å². The van der Waals surface area contributed by atoms with Crippen LogP contribution in [0.1, 0.15) is 2.85 Å². The maximum Gasteiger partial charge on any atom is 2.00 e. The molecule has 0 fully saturated rings. The summed E-state index contributed by atoms with van der Waals surface area (Å²) < 4.78 is 0. The van der Waals surface area contributed by atoms with E-state index in [2.05, 4.69) is 49.8 Å². The summed E-state index contributed by atoms with van der Waals surface area (Å²) in [6.07, 6.45) is 0. The van der Waals surface area contributed by atoms with Gasteiger partial charge in [0.15, 0.2) is 0 Å². The first kappa shape index (κ1) is 21.5. The summed E-state index contributed by atoms with van der Waals surface area (Å²) in [4.78, 5) is 15.7. The van der Waals surface area contributed by atoms with E-state index in [1.807, 2.05) is 0 Å². The fourth-order valence-corrected chi connectivity index (χ4v) is 0.134. The van der Waals surface area contributed by atoms with Gasteiger partial charge in [0.2, 0.25) is 0 Å². The quantitative estimate of drug-likeness (QED) is 0.251. The molecule has 0 saturated carbocycles. The third kappa shape index (κ3) is 31.3. The van der Waals surface area contributed by atoms with Crippen molar-refractivity contribution in [2.75, 3.05) is 28.4 Å². The first-order valence-electron chi connectivity index (χ1n) is 2.97. The Bertz CT molecular complexity index is 74.7. The summed E-state index contributed by atoms with van der Waals surface area (Å²) in [5.41, 5.74) is 0. The standard InChI is InChI=1S/2C2H6O5.Ba.2H/c2*1-3-5-7-6-4-2;;;/h2*1-2H3;;;/q;;+2;2*-1. The van der Waals surface area contributed by atoms with Crippen molar-refractivity contribution in [1.82, 2.24) is 0 Å². The third-order valence-corrected chi connectivity index (χ3v) is 0.383. The van der Waals surface area contributed by atoms with Crippen molar-refractivity contribution in [2.24, 2.45) is 0 Å². The van der Waals surface area contributed by atoms with E-state index >= 15 is 0 Å². The van der Waals surface area contributed by atoms with E-state index in [4.69, 9.17) is 0 Å². The Kier molecular flexibility index (Phi) is 34.9. The Morgan fingerprint density at radius 3 is 0.800 bits per heavy atom. The van der Waals surface area contributed by atoms with Crippen LogP contribution in [0, 0.1) is 0 Å². The van der Waals surface area contributed by atoms with Crippen molar-refractivity contribution in [3.63, 3.8) is 0 Å². The Hall–Kier alpha value is 1.17. The molecule has 0 aromatic heterocycles. The van der Waals surface area contributed by atoms with Crippen LogP contribution in [0.3, 0.4) is 0 Å². The molecule has 0 spiro atoms. The second kappa shape index (κ2) is 24.4. The molecule has 0 radical (unpaired) electrons. The molecule has 0 heterocycles. The molecule has 0 saturated heterocycles. The van der Waals surface area contributed by atoms with Gasteiger partial charge in [0.1, 0.15) is 0 Å². The van der Waals surface area contributed by atoms with Crippen molar-refractivity contribution in [1.29, 1.82) is 0 Å². The minimum Gasteiger partial charge on any atom is -1.00 e. The van der Waals surface area contributed by atoms with Gasteiger partial charge in [-0.3, -0.25) is 0 Å². The minimum atomic E-state index is 0. The van der Waals surface area contributed by atoms with Crippen LogP contribution in [-0.4, -0.2) is 77.3 Å². The van der Waals surface area contributed by atoms with Crippen molar-refractivity contribution in [3.8, 4) is 0 Å². The SMILES string of the molecule is COOOOOC.COOOOOC.[Ba+2].[H-].[H-]. The molecule has 0 aromatic rings. The summed E-state index contributed by atoms with van der Waals surface area (Å²) in [6, 6.07) is 0. The van der Waals surface area contributed by atoms with Gasteiger partial charge in [-0.1, -0.05) is 0 Å². The Labute approximate surface area is 129 Å². The van der Waals surface area contributed by atoms with Gasteiger partial charge in [-0.05, 0) is 30.2 Å². The minimum absolute atomic E-state index is 0. The van der Waals surface area contributed by atoms with Gasteiger partial charge in [-0.15, -0.1) is 0 Å². The first-order valence-corrected chi connectivity index (χ1v) is 2.97. The van der Waals surface area contributed by atoms with Gasteiger partial charge in [0.25, 0.3) is 0 Å². The van der Waals surface area contributed by atoms with Crippen molar-refractivity contribution >= 4 is 48.9 Å². The molecule has 0 bridgehead atoms. The van der Waals surface area contributed by atoms with Crippen LogP contribution >= 0.6 is 0 Å². The van der Waals surface area contributed by atoms with E-state index < -0.39 is 0 Å². The van der Waals surface area contributed by atoms with Crippen LogP contribution in [0.25, 0.3) is 0 Å². The van der Waals surface area contributed by atoms with Crippen LogP contribution in [0.5, 0.6) is 0 Å². The summed E-state index contributed by atoms with van der Waals surface area (Å²) in [5, 5.41) is 22.3. The van der Waals surface area contributed by atoms with Gasteiger partial charge < -0.3 is 2.85 Å². The average Bonchev–Trinajstić information content (AvgIpc) is 2.21. The molecule has 10 nitrogen and oxygen atoms in total. The van der Waals surface area contributed by atoms with E-state index in [-0.39, 0.29) is 51.7 Å². The van der Waals surface area contributed by atoms with E-state index in [9.17, 15) is 0 Å². The van der Waals surface area contributed by atoms with Crippen molar-refractivity contribution in [2.45, 2.75) is 0 Å². The second-order valence-corrected chi connectivity index (χ2v) is 1.07. The number of rotatable bonds is 8. The number of hydrogen-bond donors (Lipinski definition) is 0. The molecule has 0 aliphatic heterocycles. The zero-order valence-electron chi connectivity index (χ0n) is 10.8. The Balaban J connectivity index is -0.0000000480. The third-order valence-electron chi connectivity index (χ3n) is 0.383. The van der Waals surface area contributed by atoms with Crippen LogP contribution in [-0.2, 0) is 49.8 Å². The molecular weight excluding hydrogens is 345 g/mol. The summed E-state index contributed by atoms with van der Waals surface area (Å²) in [7, 11) is 5.05. The van der Waals surface area contributed by atoms with Gasteiger partial charge in [0, 0.05) is 0 Å². The first-order chi connectivity index (χ1) is 6.83. The smallest absolute Gasteiger partial charge is 1.00 e. The molecule has 0 unspecified atom stereocenters. The molecule has 11 heteroatoms. The zero-order valence-corrected chi connectivity index (χ0v) is 13.2. The molecule has 0 aromatic carbocycles. The molecular formula is C4H14BaO10. The van der Waals surface area contributed by atoms with Crippen LogP contribution in [0.2, 0.25) is 0 Å². The molecule has 0 aliphatic rings. The van der Waals surface area contributed by atoms with Crippen molar-refractivity contribution < 1.29 is 52.6 Å². The molecule has 0 N–H and O–H groups in total. The molecule has 0 amide bonds. The monoisotopic (exact) mass is 360 g/mol. The van der Waals surface area contributed by atoms with Gasteiger partial charge in [-0.2, -0.15) is 0 Å². The van der Waals surface area contributed by atoms with Gasteiger partial charge in [-0.25, -0.2) is 19.6 Å². The van der Waals surface area contributed by atoms with Crippen LogP contribution in [0.4, 0.5) is 0 Å². The summed E-state index contributed by atoms with van der Waals surface area (Å²) in [5.74, 6) is 0. The molecule has 0 atom stereocenters. The van der Waals surface area contributed by atoms with Gasteiger partial charge in [0.05, 0.1) is 28.4 Å². The van der Waals surface area contributed by atoms with Gasteiger partial charge >= 0.3 is 48.9 Å². The van der Waals surface area contributed by atoms with Crippen molar-refractivity contribution in [3.05, 3.63) is 0 Å². The largest absolute Gasteiger partial charge is 2.00 e. The molecule has 15 heavy (non-hydrogen) atoms. The second-order valence-electron chi connectivity index (χ2n) is 1.07. The predicted octanol–water partition coefficient (Wildman–Crippen LogP) is -0.178. The molecule has 0 rings (SSSR count). The normalized spacial score (nSPS) is 8.80. The van der Waals surface area contributed by atoms with E-state index in [1.165, 1.54) is 28.4 Å².